The summed E-state index contributed by atoms with van der Waals surface area (Å²) in [7, 11) is 0. The standard InChI is InChI=1S/C9H19.Hf.H2O/c1-4-5-6-7-8-9(2)3;;/h9H,1,4-8H2,2-3H3;;1H2. The van der Waals surface area contributed by atoms with E-state index >= 15 is 0 Å². The summed E-state index contributed by atoms with van der Waals surface area (Å²) in [6, 6.07) is 0. The molecule has 67 valence electrons. The maximum atomic E-state index is 2.31. The molecule has 0 amide bonds. The maximum absolute atomic E-state index is 2.31. The van der Waals surface area contributed by atoms with Crippen molar-refractivity contribution < 1.29 is 29.9 Å². The largest absolute Gasteiger partial charge is 0.412 e. The van der Waals surface area contributed by atoms with Crippen LogP contribution in [0.4, 0.5) is 0 Å². The molecule has 11 heavy (non-hydrogen) atoms. The summed E-state index contributed by atoms with van der Waals surface area (Å²) >= 11 is 1.40. The van der Waals surface area contributed by atoms with Crippen molar-refractivity contribution in [3.05, 3.63) is 0 Å². The van der Waals surface area contributed by atoms with Crippen LogP contribution in [0.15, 0.2) is 0 Å². The van der Waals surface area contributed by atoms with E-state index in [-0.39, 0.29) is 5.48 Å². The smallest absolute Gasteiger partial charge is 0.412 e. The summed E-state index contributed by atoms with van der Waals surface area (Å²) < 4.78 is 1.50. The van der Waals surface area contributed by atoms with Gasteiger partial charge in [0.15, 0.2) is 0 Å². The van der Waals surface area contributed by atoms with Crippen molar-refractivity contribution in [2.45, 2.75) is 50.1 Å². The monoisotopic (exact) mass is 325 g/mol. The summed E-state index contributed by atoms with van der Waals surface area (Å²) in [4.78, 5) is 0. The second-order valence-corrected chi connectivity index (χ2v) is 5.14. The SMILES string of the molecule is CC(C)CCCCC[CH2][Hf].O. The van der Waals surface area contributed by atoms with Gasteiger partial charge in [-0.05, 0) is 0 Å². The molecule has 0 atom stereocenters. The van der Waals surface area contributed by atoms with Crippen LogP contribution in [0.1, 0.15) is 46.0 Å². The van der Waals surface area contributed by atoms with Crippen LogP contribution >= 0.6 is 0 Å². The van der Waals surface area contributed by atoms with Crippen LogP contribution in [0.5, 0.6) is 0 Å². The molecule has 0 aliphatic heterocycles. The van der Waals surface area contributed by atoms with Crippen molar-refractivity contribution in [1.82, 2.24) is 0 Å². The van der Waals surface area contributed by atoms with Gasteiger partial charge >= 0.3 is 80.4 Å². The zero-order valence-corrected chi connectivity index (χ0v) is 11.4. The Kier molecular flexibility index (Phi) is 14.1. The fraction of sp³-hybridized carbons (Fsp3) is 1.00. The predicted octanol–water partition coefficient (Wildman–Crippen LogP) is 2.73. The molecule has 0 aromatic carbocycles. The number of hydrogen-bond donors (Lipinski definition) is 0. The van der Waals surface area contributed by atoms with Crippen LogP contribution < -0.4 is 0 Å². The predicted molar refractivity (Wildman–Crippen MR) is 46.3 cm³/mol. The summed E-state index contributed by atoms with van der Waals surface area (Å²) in [6.07, 6.45) is 7.33. The van der Waals surface area contributed by atoms with Gasteiger partial charge in [-0.15, -0.1) is 0 Å². The molecule has 0 radical (unpaired) electrons. The fourth-order valence-electron chi connectivity index (χ4n) is 1.03. The molecule has 0 saturated heterocycles. The first kappa shape index (κ1) is 14.4. The van der Waals surface area contributed by atoms with E-state index in [4.69, 9.17) is 0 Å². The molecule has 0 aromatic heterocycles. The van der Waals surface area contributed by atoms with Crippen molar-refractivity contribution in [3.8, 4) is 0 Å². The Labute approximate surface area is 85.8 Å². The van der Waals surface area contributed by atoms with Crippen molar-refractivity contribution in [2.75, 3.05) is 0 Å². The second kappa shape index (κ2) is 10.8. The average molecular weight is 324 g/mol. The second-order valence-electron chi connectivity index (χ2n) is 3.35. The molecule has 0 aliphatic carbocycles. The fourth-order valence-corrected chi connectivity index (χ4v) is 1.93. The van der Waals surface area contributed by atoms with Gasteiger partial charge in [-0.25, -0.2) is 0 Å². The van der Waals surface area contributed by atoms with Gasteiger partial charge in [0.2, 0.25) is 0 Å². The van der Waals surface area contributed by atoms with E-state index < -0.39 is 0 Å². The summed E-state index contributed by atoms with van der Waals surface area (Å²) in [5.41, 5.74) is 0. The molecule has 0 aromatic rings. The first-order valence-corrected chi connectivity index (χ1v) is 6.96. The minimum Gasteiger partial charge on any atom is -0.412 e. The molecule has 1 nitrogen and oxygen atoms in total. The van der Waals surface area contributed by atoms with Gasteiger partial charge in [0.05, 0.1) is 0 Å². The normalized spacial score (nSPS) is 9.64. The third-order valence-electron chi connectivity index (χ3n) is 1.71. The Morgan fingerprint density at radius 1 is 1.00 bits per heavy atom. The van der Waals surface area contributed by atoms with Gasteiger partial charge in [0.1, 0.15) is 0 Å². The van der Waals surface area contributed by atoms with E-state index in [1.165, 1.54) is 60.7 Å². The van der Waals surface area contributed by atoms with Gasteiger partial charge in [-0.3, -0.25) is 0 Å². The average Bonchev–Trinajstić information content (AvgIpc) is 1.87. The first-order chi connectivity index (χ1) is 4.77. The summed E-state index contributed by atoms with van der Waals surface area (Å²) in [6.45, 7) is 4.62. The molecule has 0 spiro atoms. The third kappa shape index (κ3) is 13.8. The van der Waals surface area contributed by atoms with E-state index in [1.807, 2.05) is 0 Å². The van der Waals surface area contributed by atoms with Crippen LogP contribution in [0.2, 0.25) is 4.18 Å². The van der Waals surface area contributed by atoms with Crippen LogP contribution in [-0.4, -0.2) is 5.48 Å². The minimum absolute atomic E-state index is 0. The van der Waals surface area contributed by atoms with Crippen LogP contribution in [-0.2, 0) is 24.4 Å². The molecular weight excluding hydrogens is 303 g/mol. The first-order valence-electron chi connectivity index (χ1n) is 4.42. The molecule has 2 N–H and O–H groups in total. The quantitative estimate of drug-likeness (QED) is 0.532. The molecule has 0 unspecified atom stereocenters. The van der Waals surface area contributed by atoms with Gasteiger partial charge < -0.3 is 5.48 Å². The molecule has 0 rings (SSSR count). The Morgan fingerprint density at radius 3 is 2.00 bits per heavy atom. The summed E-state index contributed by atoms with van der Waals surface area (Å²) in [5, 5.41) is 0. The number of hydrogen-bond acceptors (Lipinski definition) is 0. The van der Waals surface area contributed by atoms with Gasteiger partial charge in [-0.2, -0.15) is 0 Å². The van der Waals surface area contributed by atoms with Crippen molar-refractivity contribution in [1.29, 1.82) is 0 Å². The molecule has 0 heterocycles. The Morgan fingerprint density at radius 2 is 1.55 bits per heavy atom. The molecule has 0 aliphatic rings. The molecule has 0 saturated carbocycles. The van der Waals surface area contributed by atoms with E-state index in [9.17, 15) is 0 Å². The Balaban J connectivity index is 0. The van der Waals surface area contributed by atoms with Crippen molar-refractivity contribution >= 4 is 0 Å². The number of rotatable bonds is 6. The number of unbranched alkanes of at least 4 members (excludes halogenated alkanes) is 3. The van der Waals surface area contributed by atoms with Crippen LogP contribution in [0.3, 0.4) is 0 Å². The summed E-state index contributed by atoms with van der Waals surface area (Å²) in [5.74, 6) is 0.913. The molecule has 2 heteroatoms. The third-order valence-corrected chi connectivity index (χ3v) is 2.98. The molecule has 0 bridgehead atoms. The van der Waals surface area contributed by atoms with Gasteiger partial charge in [0.25, 0.3) is 0 Å². The van der Waals surface area contributed by atoms with Crippen molar-refractivity contribution in [2.24, 2.45) is 5.92 Å². The topological polar surface area (TPSA) is 31.5 Å². The minimum atomic E-state index is 0. The van der Waals surface area contributed by atoms with Crippen LogP contribution in [0, 0.1) is 5.92 Å². The zero-order valence-electron chi connectivity index (χ0n) is 7.82. The van der Waals surface area contributed by atoms with Gasteiger partial charge in [-0.1, -0.05) is 0 Å². The van der Waals surface area contributed by atoms with E-state index in [0.717, 1.165) is 5.92 Å². The Bertz CT molecular complexity index is 64.6. The van der Waals surface area contributed by atoms with Gasteiger partial charge in [0, 0.05) is 0 Å². The maximum Gasteiger partial charge on any atom is -0.412 e. The Hall–Kier alpha value is 0.830. The van der Waals surface area contributed by atoms with E-state index in [1.54, 1.807) is 0 Å². The van der Waals surface area contributed by atoms with E-state index in [0.29, 0.717) is 0 Å². The molecule has 0 fully saturated rings. The van der Waals surface area contributed by atoms with E-state index in [2.05, 4.69) is 13.8 Å². The zero-order chi connectivity index (χ0) is 7.82. The van der Waals surface area contributed by atoms with Crippen LogP contribution in [0.25, 0.3) is 0 Å². The molecular formula is C9H21HfO. The van der Waals surface area contributed by atoms with Crippen molar-refractivity contribution in [3.63, 3.8) is 0 Å².